The fraction of sp³-hybridized carbons (Fsp3) is 1.00. The minimum atomic E-state index is -3.12. The van der Waals surface area contributed by atoms with Crippen molar-refractivity contribution in [3.05, 3.63) is 0 Å². The second-order valence-electron chi connectivity index (χ2n) is 4.56. The molecule has 0 aromatic rings. The Kier molecular flexibility index (Phi) is 4.65. The van der Waals surface area contributed by atoms with Crippen LogP contribution >= 0.6 is 11.8 Å². The van der Waals surface area contributed by atoms with E-state index in [2.05, 4.69) is 5.32 Å². The molecule has 7 heteroatoms. The molecule has 1 heterocycles. The Morgan fingerprint density at radius 1 is 1.50 bits per heavy atom. The van der Waals surface area contributed by atoms with Crippen molar-refractivity contribution in [1.29, 1.82) is 0 Å². The van der Waals surface area contributed by atoms with Crippen LogP contribution in [0.2, 0.25) is 0 Å². The Morgan fingerprint density at radius 2 is 2.12 bits per heavy atom. The molecule has 0 amide bonds. The summed E-state index contributed by atoms with van der Waals surface area (Å²) in [6.07, 6.45) is 1.03. The molecule has 1 saturated heterocycles. The fourth-order valence-electron chi connectivity index (χ4n) is 1.74. The average Bonchev–Trinajstić information content (AvgIpc) is 2.36. The van der Waals surface area contributed by atoms with E-state index in [9.17, 15) is 18.6 Å². The quantitative estimate of drug-likeness (QED) is 0.584. The normalized spacial score (nSPS) is 32.5. The molecule has 3 unspecified atom stereocenters. The number of thioether (sulfide) groups is 1. The number of sulfone groups is 1. The molecule has 0 saturated carbocycles. The first kappa shape index (κ1) is 14.2. The largest absolute Gasteiger partial charge is 0.390 e. The average molecular weight is 269 g/mol. The van der Waals surface area contributed by atoms with Crippen molar-refractivity contribution >= 4 is 21.6 Å². The van der Waals surface area contributed by atoms with Gasteiger partial charge in [-0.2, -0.15) is 11.8 Å². The highest BCUT2D eigenvalue weighted by molar-refractivity contribution is 7.98. The van der Waals surface area contributed by atoms with Gasteiger partial charge in [-0.3, -0.25) is 0 Å². The first-order valence-corrected chi connectivity index (χ1v) is 8.30. The van der Waals surface area contributed by atoms with E-state index in [0.717, 1.165) is 0 Å². The molecule has 0 aromatic heterocycles. The first-order valence-electron chi connectivity index (χ1n) is 5.09. The van der Waals surface area contributed by atoms with Crippen LogP contribution < -0.4 is 5.32 Å². The standard InChI is InChI=1S/C9H19NO4S2/c1-9(12,6-15-2)5-10-7-3-16(13,14)4-8(7)11/h7-8,10-12H,3-6H2,1-2H3. The molecule has 0 radical (unpaired) electrons. The zero-order chi connectivity index (χ0) is 12.4. The molecule has 5 nitrogen and oxygen atoms in total. The van der Waals surface area contributed by atoms with Crippen molar-refractivity contribution in [1.82, 2.24) is 5.32 Å². The highest BCUT2D eigenvalue weighted by atomic mass is 32.2. The molecule has 96 valence electrons. The summed E-state index contributed by atoms with van der Waals surface area (Å²) in [4.78, 5) is 0. The third kappa shape index (κ3) is 4.21. The number of rotatable bonds is 5. The molecular formula is C9H19NO4S2. The van der Waals surface area contributed by atoms with Crippen molar-refractivity contribution in [2.24, 2.45) is 0 Å². The Morgan fingerprint density at radius 3 is 2.56 bits per heavy atom. The summed E-state index contributed by atoms with van der Waals surface area (Å²) in [6, 6.07) is -0.460. The van der Waals surface area contributed by atoms with Gasteiger partial charge in [-0.1, -0.05) is 0 Å². The van der Waals surface area contributed by atoms with Crippen LogP contribution in [0.1, 0.15) is 6.92 Å². The van der Waals surface area contributed by atoms with Gasteiger partial charge in [0.15, 0.2) is 9.84 Å². The van der Waals surface area contributed by atoms with E-state index >= 15 is 0 Å². The van der Waals surface area contributed by atoms with Crippen molar-refractivity contribution < 1.29 is 18.6 Å². The minimum Gasteiger partial charge on any atom is -0.390 e. The highest BCUT2D eigenvalue weighted by Gasteiger charge is 2.37. The van der Waals surface area contributed by atoms with Crippen LogP contribution in [0.5, 0.6) is 0 Å². The number of nitrogens with one attached hydrogen (secondary N) is 1. The maximum atomic E-state index is 11.2. The van der Waals surface area contributed by atoms with Gasteiger partial charge in [-0.05, 0) is 13.2 Å². The molecule has 3 N–H and O–H groups in total. The highest BCUT2D eigenvalue weighted by Crippen LogP contribution is 2.14. The molecule has 1 fully saturated rings. The lowest BCUT2D eigenvalue weighted by molar-refractivity contribution is 0.0734. The van der Waals surface area contributed by atoms with Gasteiger partial charge < -0.3 is 15.5 Å². The summed E-state index contributed by atoms with van der Waals surface area (Å²) in [5.74, 6) is 0.328. The maximum absolute atomic E-state index is 11.2. The SMILES string of the molecule is CSCC(C)(O)CNC1CS(=O)(=O)CC1O. The van der Waals surface area contributed by atoms with Crippen LogP contribution in [0, 0.1) is 0 Å². The number of hydrogen-bond donors (Lipinski definition) is 3. The van der Waals surface area contributed by atoms with Gasteiger partial charge in [0.05, 0.1) is 23.2 Å². The third-order valence-electron chi connectivity index (χ3n) is 2.52. The summed E-state index contributed by atoms with van der Waals surface area (Å²) in [5.41, 5.74) is -0.883. The summed E-state index contributed by atoms with van der Waals surface area (Å²) < 4.78 is 22.5. The van der Waals surface area contributed by atoms with E-state index < -0.39 is 27.6 Å². The lowest BCUT2D eigenvalue weighted by atomic mass is 10.1. The van der Waals surface area contributed by atoms with Crippen molar-refractivity contribution in [3.8, 4) is 0 Å². The number of hydrogen-bond acceptors (Lipinski definition) is 6. The molecule has 1 aliphatic rings. The van der Waals surface area contributed by atoms with Crippen LogP contribution in [0.4, 0.5) is 0 Å². The predicted molar refractivity (Wildman–Crippen MR) is 65.5 cm³/mol. The topological polar surface area (TPSA) is 86.6 Å². The van der Waals surface area contributed by atoms with E-state index in [1.165, 1.54) is 11.8 Å². The van der Waals surface area contributed by atoms with Gasteiger partial charge in [0.1, 0.15) is 0 Å². The summed E-state index contributed by atoms with van der Waals surface area (Å²) in [7, 11) is -3.12. The molecule has 0 aromatic carbocycles. The first-order chi connectivity index (χ1) is 7.26. The Balaban J connectivity index is 2.45. The lowest BCUT2D eigenvalue weighted by Crippen LogP contribution is -2.48. The summed E-state index contributed by atoms with van der Waals surface area (Å²) in [5, 5.41) is 22.3. The van der Waals surface area contributed by atoms with Gasteiger partial charge in [0.2, 0.25) is 0 Å². The van der Waals surface area contributed by atoms with Crippen LogP contribution in [0.3, 0.4) is 0 Å². The van der Waals surface area contributed by atoms with Crippen molar-refractivity contribution in [2.75, 3.05) is 30.1 Å². The van der Waals surface area contributed by atoms with Crippen molar-refractivity contribution in [2.45, 2.75) is 24.7 Å². The maximum Gasteiger partial charge on any atom is 0.154 e. The summed E-state index contributed by atoms with van der Waals surface area (Å²) >= 11 is 1.52. The van der Waals surface area contributed by atoms with Crippen LogP contribution in [-0.2, 0) is 9.84 Å². The number of aliphatic hydroxyl groups excluding tert-OH is 1. The van der Waals surface area contributed by atoms with Crippen LogP contribution in [0.25, 0.3) is 0 Å². The van der Waals surface area contributed by atoms with E-state index in [4.69, 9.17) is 0 Å². The van der Waals surface area contributed by atoms with Crippen LogP contribution in [0.15, 0.2) is 0 Å². The molecule has 1 rings (SSSR count). The monoisotopic (exact) mass is 269 g/mol. The minimum absolute atomic E-state index is 0.0521. The van der Waals surface area contributed by atoms with E-state index in [-0.39, 0.29) is 18.1 Å². The molecule has 0 aliphatic carbocycles. The van der Waals surface area contributed by atoms with Crippen LogP contribution in [-0.4, -0.2) is 66.4 Å². The third-order valence-corrected chi connectivity index (χ3v) is 5.15. The van der Waals surface area contributed by atoms with E-state index in [0.29, 0.717) is 5.75 Å². The van der Waals surface area contributed by atoms with Gasteiger partial charge in [0, 0.05) is 18.3 Å². The summed E-state index contributed by atoms with van der Waals surface area (Å²) in [6.45, 7) is 1.97. The smallest absolute Gasteiger partial charge is 0.154 e. The Bertz CT molecular complexity index is 328. The Labute approximate surface area is 101 Å². The van der Waals surface area contributed by atoms with Gasteiger partial charge in [-0.15, -0.1) is 0 Å². The van der Waals surface area contributed by atoms with Crippen molar-refractivity contribution in [3.63, 3.8) is 0 Å². The molecular weight excluding hydrogens is 250 g/mol. The lowest BCUT2D eigenvalue weighted by Gasteiger charge is -2.25. The van der Waals surface area contributed by atoms with E-state index in [1.54, 1.807) is 6.92 Å². The fourth-order valence-corrected chi connectivity index (χ4v) is 4.24. The van der Waals surface area contributed by atoms with Gasteiger partial charge >= 0.3 is 0 Å². The molecule has 0 spiro atoms. The predicted octanol–water partition coefficient (Wildman–Crippen LogP) is -1.15. The zero-order valence-corrected chi connectivity index (χ0v) is 11.1. The second kappa shape index (κ2) is 5.22. The molecule has 16 heavy (non-hydrogen) atoms. The zero-order valence-electron chi connectivity index (χ0n) is 9.51. The molecule has 1 aliphatic heterocycles. The molecule has 3 atom stereocenters. The van der Waals surface area contributed by atoms with Gasteiger partial charge in [-0.25, -0.2) is 8.42 Å². The van der Waals surface area contributed by atoms with E-state index in [1.807, 2.05) is 6.26 Å². The number of aliphatic hydroxyl groups is 2. The Hall–Kier alpha value is 0.180. The molecule has 0 bridgehead atoms. The van der Waals surface area contributed by atoms with Gasteiger partial charge in [0.25, 0.3) is 0 Å². The second-order valence-corrected chi connectivity index (χ2v) is 7.58.